The molecule has 0 aliphatic carbocycles. The minimum atomic E-state index is -2.74. The zero-order valence-corrected chi connectivity index (χ0v) is 122. The van der Waals surface area contributed by atoms with Crippen molar-refractivity contribution in [1.29, 1.82) is 0 Å². The van der Waals surface area contributed by atoms with Crippen LogP contribution in [0.3, 0.4) is 0 Å². The number of unbranched alkanes of at least 4 members (excludes halogenated alkanes) is 2. The summed E-state index contributed by atoms with van der Waals surface area (Å²) in [6.07, 6.45) is 9.80. The van der Waals surface area contributed by atoms with Crippen LogP contribution < -0.4 is 0 Å². The Kier molecular flexibility index (Phi) is 66.1. The summed E-state index contributed by atoms with van der Waals surface area (Å²) in [7, 11) is -46.4. The van der Waals surface area contributed by atoms with Crippen molar-refractivity contribution in [3.63, 3.8) is 0 Å². The fourth-order valence-corrected chi connectivity index (χ4v) is 119. The normalized spacial score (nSPS) is 15.5. The van der Waals surface area contributed by atoms with Gasteiger partial charge in [-0.3, -0.25) is 0 Å². The van der Waals surface area contributed by atoms with Crippen molar-refractivity contribution in [2.24, 2.45) is 16.2 Å². The topological polar surface area (TPSA) is 324 Å². The predicted octanol–water partition coefficient (Wildman–Crippen LogP) is 24.2. The molecule has 0 saturated heterocycles. The van der Waals surface area contributed by atoms with E-state index in [0.29, 0.717) is 77.8 Å². The fraction of sp³-hybridized carbons (Fsp3) is 1.00. The van der Waals surface area contributed by atoms with Crippen molar-refractivity contribution in [3.05, 3.63) is 0 Å². The summed E-state index contributed by atoms with van der Waals surface area (Å²) in [6.45, 7) is 113. The minimum absolute atomic E-state index is 0.148. The molecule has 0 aromatic carbocycles. The van der Waals surface area contributed by atoms with Gasteiger partial charge in [-0.25, -0.2) is 0 Å². The quantitative estimate of drug-likeness (QED) is 0.0243. The second kappa shape index (κ2) is 62.6. The molecule has 2 unspecified atom stereocenters. The van der Waals surface area contributed by atoms with E-state index in [1.807, 2.05) is 0 Å². The van der Waals surface area contributed by atoms with Gasteiger partial charge in [0.2, 0.25) is 0 Å². The molecule has 0 rings (SSSR count). The molecule has 0 heterocycles. The van der Waals surface area contributed by atoms with Crippen LogP contribution in [0.1, 0.15) is 78.1 Å². The van der Waals surface area contributed by atoms with E-state index >= 15 is 0 Å². The highest BCUT2D eigenvalue weighted by Crippen LogP contribution is 2.37. The Hall–Kier alpha value is 3.65. The molecule has 0 aliphatic rings. The van der Waals surface area contributed by atoms with E-state index in [2.05, 4.69) is 328 Å². The first-order valence-electron chi connectivity index (χ1n) is 52.4. The van der Waals surface area contributed by atoms with Gasteiger partial charge in [-0.1, -0.05) is 39.5 Å². The summed E-state index contributed by atoms with van der Waals surface area (Å²) in [5.74, 6) is 0. The van der Waals surface area contributed by atoms with Gasteiger partial charge in [0.05, 0.1) is 95.5 Å². The first kappa shape index (κ1) is 147. The summed E-state index contributed by atoms with van der Waals surface area (Å²) in [5.41, 5.74) is -2.56. The Bertz CT molecular complexity index is 2990. The lowest BCUT2D eigenvalue weighted by molar-refractivity contribution is -0.0770. The zero-order chi connectivity index (χ0) is 110. The van der Waals surface area contributed by atoms with E-state index in [-0.39, 0.29) is 66.1 Å². The summed E-state index contributed by atoms with van der Waals surface area (Å²) < 4.78 is 143. The van der Waals surface area contributed by atoms with Gasteiger partial charge in [0, 0.05) is 39.6 Å². The number of hydrogen-bond acceptors (Lipinski definition) is 28. The number of rotatable bonds is 80. The predicted molar refractivity (Wildman–Crippen MR) is 636 cm³/mol. The third-order valence-electron chi connectivity index (χ3n) is 20.8. The summed E-state index contributed by atoms with van der Waals surface area (Å²) >= 11 is 0. The number of aliphatic hydroxyl groups is 6. The van der Waals surface area contributed by atoms with Crippen molar-refractivity contribution in [2.75, 3.05) is 119 Å². The molecule has 0 radical (unpaired) electrons. The highest BCUT2D eigenvalue weighted by atomic mass is 28.5. The minimum Gasteiger partial charge on any atom is -0.455 e. The first-order valence-corrected chi connectivity index (χ1v) is 119. The molecule has 139 heavy (non-hydrogen) atoms. The van der Waals surface area contributed by atoms with Crippen molar-refractivity contribution in [3.8, 4) is 0 Å². The number of hydrogen-bond donors (Lipinski definition) is 6. The van der Waals surface area contributed by atoms with Crippen LogP contribution in [0.4, 0.5) is 0 Å². The molecule has 0 aromatic rings. The Labute approximate surface area is 878 Å². The van der Waals surface area contributed by atoms with Crippen molar-refractivity contribution in [1.82, 2.24) is 0 Å². The van der Waals surface area contributed by atoms with Crippen LogP contribution in [0.25, 0.3) is 0 Å². The number of aliphatic hydroxyl groups excluding tert-OH is 6. The average molecular weight is 2360 g/mol. The standard InChI is InChI=1S/C33H88O12Si10.C29H76O10Si8.C27H64O6Si4/c1-46(2,3)38-50(13,14)42-54(21,43-51(15,16)39-47(4,5)6)27-23-25-36-31-33(29-34,30-35)32-37-26-24-28-55(22,44-52(17,18)40-48(7,8)9)45-53(19,20)41-49(10,11)12;1-40(2,3)34-44(13,14)38-46(17,36-42(7,8)9)23-19-21-32-27-29(25-30,26-31)28-33-22-20-24-47(18,37-43(10,11)12)39-45(15,16)35-41(4,5)6;1-11-13-19-34(3,4)32-36(7,8)21-15-17-30-25-27(23-28,24-29)26-31-18-16-22-37(9,10)33-35(5,6)20-14-12-2/h34-35H,23-32H2,1-22H3;30-31H,19-28H2,1-18H3;28-29H,11-26H2,1-10H3. The molecule has 28 nitrogen and oxygen atoms in total. The molecule has 50 heteroatoms. The largest absolute Gasteiger partial charge is 0.455 e. The summed E-state index contributed by atoms with van der Waals surface area (Å²) in [5, 5.41) is 61.4. The highest BCUT2D eigenvalue weighted by molar-refractivity contribution is 6.94. The van der Waals surface area contributed by atoms with Crippen LogP contribution in [-0.2, 0) is 94.3 Å². The van der Waals surface area contributed by atoms with Crippen LogP contribution in [0, 0.1) is 16.2 Å². The molecule has 2 atom stereocenters. The van der Waals surface area contributed by atoms with Crippen molar-refractivity contribution >= 4 is 185 Å². The molecular weight excluding hydrogens is 2130 g/mol. The molecule has 0 amide bonds. The van der Waals surface area contributed by atoms with Crippen LogP contribution in [0.5, 0.6) is 0 Å². The maximum atomic E-state index is 10.4. The van der Waals surface area contributed by atoms with Gasteiger partial charge in [-0.2, -0.15) is 0 Å². The Morgan fingerprint density at radius 3 is 0.417 bits per heavy atom. The highest BCUT2D eigenvalue weighted by Gasteiger charge is 2.52. The van der Waals surface area contributed by atoms with Crippen LogP contribution >= 0.6 is 0 Å². The molecule has 840 valence electrons. The lowest BCUT2D eigenvalue weighted by Gasteiger charge is -2.43. The van der Waals surface area contributed by atoms with E-state index < -0.39 is 202 Å². The van der Waals surface area contributed by atoms with Gasteiger partial charge in [-0.15, -0.1) is 0 Å². The second-order valence-corrected chi connectivity index (χ2v) is 144. The van der Waals surface area contributed by atoms with Crippen molar-refractivity contribution in [2.45, 2.75) is 441 Å². The van der Waals surface area contributed by atoms with Crippen LogP contribution in [-0.4, -0.2) is 335 Å². The average Bonchev–Trinajstić information content (AvgIpc) is 0.811. The molecular formula is C89H228O28Si22. The first-order chi connectivity index (χ1) is 62.0. The lowest BCUT2D eigenvalue weighted by atomic mass is 9.92. The van der Waals surface area contributed by atoms with Gasteiger partial charge >= 0.3 is 85.6 Å². The maximum absolute atomic E-state index is 10.4. The molecule has 0 saturated carbocycles. The molecule has 0 spiro atoms. The monoisotopic (exact) mass is 2360 g/mol. The van der Waals surface area contributed by atoms with Crippen LogP contribution in [0.15, 0.2) is 0 Å². The molecule has 0 fully saturated rings. The maximum Gasteiger partial charge on any atom is 0.317 e. The Morgan fingerprint density at radius 2 is 0.288 bits per heavy atom. The van der Waals surface area contributed by atoms with E-state index in [0.717, 1.165) is 49.9 Å². The lowest BCUT2D eigenvalue weighted by Crippen LogP contribution is -2.59. The zero-order valence-electron chi connectivity index (χ0n) is 99.6. The fourth-order valence-electron chi connectivity index (χ4n) is 18.1. The summed E-state index contributed by atoms with van der Waals surface area (Å²) in [4.78, 5) is 0. The van der Waals surface area contributed by atoms with Crippen molar-refractivity contribution < 1.29 is 125 Å². The Balaban J connectivity index is -0.00000203. The van der Waals surface area contributed by atoms with Gasteiger partial charge in [-0.05, 0) is 401 Å². The van der Waals surface area contributed by atoms with E-state index in [4.69, 9.17) is 94.3 Å². The van der Waals surface area contributed by atoms with E-state index in [1.54, 1.807) is 0 Å². The molecule has 0 aliphatic heterocycles. The smallest absolute Gasteiger partial charge is 0.317 e. The van der Waals surface area contributed by atoms with Gasteiger partial charge in [0.1, 0.15) is 0 Å². The molecule has 6 N–H and O–H groups in total. The summed E-state index contributed by atoms with van der Waals surface area (Å²) in [6, 6.07) is 7.60. The van der Waals surface area contributed by atoms with E-state index in [9.17, 15) is 30.6 Å². The van der Waals surface area contributed by atoms with Crippen LogP contribution in [0.2, 0.25) is 363 Å². The van der Waals surface area contributed by atoms with Gasteiger partial charge < -0.3 is 125 Å². The van der Waals surface area contributed by atoms with E-state index in [1.165, 1.54) is 37.8 Å². The van der Waals surface area contributed by atoms with Gasteiger partial charge in [0.15, 0.2) is 99.8 Å². The number of ether oxygens (including phenoxy) is 6. The van der Waals surface area contributed by atoms with Gasteiger partial charge in [0.25, 0.3) is 0 Å². The third-order valence-corrected chi connectivity index (χ3v) is 97.9. The molecule has 0 aromatic heterocycles. The Morgan fingerprint density at radius 1 is 0.158 bits per heavy atom. The SMILES string of the molecule is CCCC[Si](C)(C)O[Si](C)(C)CCCOCC(CO)(CO)COCCC[Si](C)(C)O[Si](C)(C)CCCC.C[Si](C)(C)O[Si](C)(C)O[Si](C)(CCCOCC(CO)(CO)COCCC[Si](C)(O[Si](C)(C)C)O[Si](C)(C)O[Si](C)(C)C)O[Si](C)(C)C.C[Si](C)(C)O[Si](C)(C)O[Si](C)(CCCOCC(CO)(CO)COCCC[Si](C)(O[Si](C)(C)O[Si](C)(C)C)O[Si](C)(C)O[Si](C)(C)C)O[Si](C)(C)O[Si](C)(C)C. The third kappa shape index (κ3) is 78.5. The molecule has 0 bridgehead atoms. The second-order valence-electron chi connectivity index (χ2n) is 53.1.